The van der Waals surface area contributed by atoms with Crippen LogP contribution in [0.25, 0.3) is 10.8 Å². The van der Waals surface area contributed by atoms with Gasteiger partial charge in [-0.05, 0) is 121 Å². The number of aryl methyl sites for hydroxylation is 1. The number of hydrogen-bond donors (Lipinski definition) is 1. The lowest BCUT2D eigenvalue weighted by molar-refractivity contribution is -0.108. The van der Waals surface area contributed by atoms with Crippen LogP contribution >= 0.6 is 0 Å². The van der Waals surface area contributed by atoms with Crippen molar-refractivity contribution in [2.24, 2.45) is 17.3 Å². The second-order valence-corrected chi connectivity index (χ2v) is 18.7. The van der Waals surface area contributed by atoms with E-state index in [0.717, 1.165) is 48.8 Å². The summed E-state index contributed by atoms with van der Waals surface area (Å²) in [5.74, 6) is 2.86. The van der Waals surface area contributed by atoms with Crippen molar-refractivity contribution >= 4 is 19.1 Å². The molecule has 0 radical (unpaired) electrons. The third kappa shape index (κ3) is 3.81. The molecule has 5 atom stereocenters. The first-order valence-electron chi connectivity index (χ1n) is 14.3. The van der Waals surface area contributed by atoms with Crippen molar-refractivity contribution in [3.63, 3.8) is 0 Å². The molecular formula is C33H43NO2Si. The number of aromatic nitrogens is 1. The van der Waals surface area contributed by atoms with E-state index in [-0.39, 0.29) is 10.5 Å². The van der Waals surface area contributed by atoms with E-state index in [4.69, 9.17) is 4.43 Å². The van der Waals surface area contributed by atoms with Gasteiger partial charge in [0.15, 0.2) is 0 Å². The molecule has 0 unspecified atom stereocenters. The number of rotatable bonds is 3. The van der Waals surface area contributed by atoms with Gasteiger partial charge < -0.3 is 9.53 Å². The molecule has 0 amide bonds. The average molecular weight is 514 g/mol. The van der Waals surface area contributed by atoms with E-state index in [1.54, 1.807) is 5.56 Å². The van der Waals surface area contributed by atoms with Crippen LogP contribution in [0.1, 0.15) is 82.4 Å². The van der Waals surface area contributed by atoms with Crippen LogP contribution in [0.3, 0.4) is 0 Å². The molecule has 4 heteroatoms. The van der Waals surface area contributed by atoms with Gasteiger partial charge >= 0.3 is 0 Å². The Morgan fingerprint density at radius 2 is 1.78 bits per heavy atom. The lowest BCUT2D eigenvalue weighted by atomic mass is 9.52. The molecule has 2 saturated carbocycles. The summed E-state index contributed by atoms with van der Waals surface area (Å²) >= 11 is 0. The molecule has 37 heavy (non-hydrogen) atoms. The van der Waals surface area contributed by atoms with Gasteiger partial charge in [0, 0.05) is 23.2 Å². The van der Waals surface area contributed by atoms with Crippen molar-refractivity contribution in [1.82, 2.24) is 4.98 Å². The average Bonchev–Trinajstić information content (AvgIpc) is 3.14. The first-order valence-corrected chi connectivity index (χ1v) is 17.2. The largest absolute Gasteiger partial charge is 0.543 e. The molecule has 0 aliphatic heterocycles. The zero-order chi connectivity index (χ0) is 26.2. The lowest BCUT2D eigenvalue weighted by Crippen LogP contribution is -2.49. The molecule has 0 spiro atoms. The second kappa shape index (κ2) is 8.41. The summed E-state index contributed by atoms with van der Waals surface area (Å²) in [5, 5.41) is 14.8. The van der Waals surface area contributed by atoms with Crippen LogP contribution in [0.4, 0.5) is 0 Å². The molecule has 3 aliphatic carbocycles. The number of benzene rings is 2. The van der Waals surface area contributed by atoms with E-state index in [1.807, 2.05) is 12.4 Å². The fourth-order valence-corrected chi connectivity index (χ4v) is 8.92. The van der Waals surface area contributed by atoms with Gasteiger partial charge in [-0.3, -0.25) is 4.98 Å². The van der Waals surface area contributed by atoms with Gasteiger partial charge in [0.05, 0.1) is 5.60 Å². The topological polar surface area (TPSA) is 42.4 Å². The summed E-state index contributed by atoms with van der Waals surface area (Å²) < 4.78 is 6.66. The van der Waals surface area contributed by atoms with Crippen LogP contribution in [-0.2, 0) is 12.0 Å². The Bertz CT molecular complexity index is 1340. The van der Waals surface area contributed by atoms with Crippen molar-refractivity contribution in [3.8, 4) is 5.75 Å². The van der Waals surface area contributed by atoms with E-state index >= 15 is 0 Å². The summed E-state index contributed by atoms with van der Waals surface area (Å²) in [4.78, 5) is 4.33. The third-order valence-electron chi connectivity index (χ3n) is 11.1. The van der Waals surface area contributed by atoms with Gasteiger partial charge in [0.1, 0.15) is 5.75 Å². The molecule has 3 aliphatic rings. The van der Waals surface area contributed by atoms with E-state index in [1.165, 1.54) is 17.4 Å². The Labute approximate surface area is 223 Å². The molecule has 1 N–H and O–H groups in total. The van der Waals surface area contributed by atoms with Crippen molar-refractivity contribution in [2.45, 2.75) is 95.9 Å². The number of nitrogens with zero attached hydrogens (tertiary/aromatic N) is 1. The van der Waals surface area contributed by atoms with Gasteiger partial charge in [0.25, 0.3) is 0 Å². The van der Waals surface area contributed by atoms with Crippen molar-refractivity contribution in [3.05, 3.63) is 71.5 Å². The van der Waals surface area contributed by atoms with Crippen molar-refractivity contribution in [2.75, 3.05) is 0 Å². The van der Waals surface area contributed by atoms with Crippen LogP contribution < -0.4 is 4.43 Å². The SMILES string of the molecule is CC(C)(C)[Si](C)(C)Oc1ccc2c(c1)CC[C@@H]1[C@@H]2CC[C@@]2(C)[C@H]1CC[C@@]2(O)c1ccc2ccncc2c1. The van der Waals surface area contributed by atoms with Crippen LogP contribution in [0.2, 0.25) is 18.1 Å². The predicted molar refractivity (Wildman–Crippen MR) is 155 cm³/mol. The monoisotopic (exact) mass is 513 g/mol. The molecule has 0 saturated heterocycles. The quantitative estimate of drug-likeness (QED) is 0.358. The zero-order valence-electron chi connectivity index (χ0n) is 23.5. The first kappa shape index (κ1) is 25.1. The lowest BCUT2D eigenvalue weighted by Gasteiger charge is -2.53. The highest BCUT2D eigenvalue weighted by atomic mass is 28.4. The molecule has 3 aromatic rings. The van der Waals surface area contributed by atoms with E-state index in [0.29, 0.717) is 17.8 Å². The Kier molecular flexibility index (Phi) is 5.71. The highest BCUT2D eigenvalue weighted by Gasteiger charge is 2.62. The molecule has 2 aromatic carbocycles. The Morgan fingerprint density at radius 1 is 0.973 bits per heavy atom. The molecule has 1 aromatic heterocycles. The van der Waals surface area contributed by atoms with E-state index < -0.39 is 13.9 Å². The Hall–Kier alpha value is -2.17. The normalized spacial score (nSPS) is 31.5. The minimum absolute atomic E-state index is 0.0903. The van der Waals surface area contributed by atoms with Gasteiger partial charge in [0.2, 0.25) is 8.32 Å². The molecular weight excluding hydrogens is 470 g/mol. The molecule has 2 fully saturated rings. The molecule has 0 bridgehead atoms. The third-order valence-corrected chi connectivity index (χ3v) is 15.5. The maximum Gasteiger partial charge on any atom is 0.250 e. The van der Waals surface area contributed by atoms with Crippen LogP contribution in [-0.4, -0.2) is 18.4 Å². The summed E-state index contributed by atoms with van der Waals surface area (Å²) in [6, 6.07) is 15.6. The summed E-state index contributed by atoms with van der Waals surface area (Å²) in [6.07, 6.45) is 10.3. The predicted octanol–water partition coefficient (Wildman–Crippen LogP) is 8.36. The standard InChI is InChI=1S/C33H43NO2Si/c1-31(2,3)37(5,6)36-26-10-12-27-23(20-26)8-11-29-28(27)13-16-32(4)30(29)14-17-33(32,35)25-9-7-22-15-18-34-21-24(22)19-25/h7,9-10,12,15,18-21,28-30,35H,8,11,13-14,16-17H2,1-6H3/t28-,29-,30+,32+,33-/m1/s1. The van der Waals surface area contributed by atoms with Crippen LogP contribution in [0.15, 0.2) is 54.9 Å². The molecule has 6 rings (SSSR count). The maximum absolute atomic E-state index is 12.3. The number of pyridine rings is 1. The van der Waals surface area contributed by atoms with Gasteiger partial charge in [-0.2, -0.15) is 0 Å². The fourth-order valence-electron chi connectivity index (χ4n) is 7.90. The zero-order valence-corrected chi connectivity index (χ0v) is 24.5. The fraction of sp³-hybridized carbons (Fsp3) is 0.545. The molecule has 196 valence electrons. The summed E-state index contributed by atoms with van der Waals surface area (Å²) in [5.41, 5.74) is 3.27. The van der Waals surface area contributed by atoms with Crippen molar-refractivity contribution in [1.29, 1.82) is 0 Å². The number of fused-ring (bicyclic) bond motifs is 6. The number of hydrogen-bond acceptors (Lipinski definition) is 3. The maximum atomic E-state index is 12.3. The highest BCUT2D eigenvalue weighted by molar-refractivity contribution is 6.74. The smallest absolute Gasteiger partial charge is 0.250 e. The van der Waals surface area contributed by atoms with Crippen molar-refractivity contribution < 1.29 is 9.53 Å². The molecule has 1 heterocycles. The van der Waals surface area contributed by atoms with Crippen LogP contribution in [0, 0.1) is 17.3 Å². The Balaban J connectivity index is 1.28. The first-order chi connectivity index (χ1) is 17.4. The molecule has 3 nitrogen and oxygen atoms in total. The van der Waals surface area contributed by atoms with Crippen LogP contribution in [0.5, 0.6) is 5.75 Å². The van der Waals surface area contributed by atoms with Gasteiger partial charge in [-0.25, -0.2) is 0 Å². The van der Waals surface area contributed by atoms with E-state index in [9.17, 15) is 5.11 Å². The highest BCUT2D eigenvalue weighted by Crippen LogP contribution is 2.67. The van der Waals surface area contributed by atoms with Gasteiger partial charge in [-0.15, -0.1) is 0 Å². The Morgan fingerprint density at radius 3 is 2.57 bits per heavy atom. The minimum Gasteiger partial charge on any atom is -0.543 e. The minimum atomic E-state index is -1.85. The summed E-state index contributed by atoms with van der Waals surface area (Å²) in [7, 11) is -1.85. The van der Waals surface area contributed by atoms with Gasteiger partial charge in [-0.1, -0.05) is 45.9 Å². The summed E-state index contributed by atoms with van der Waals surface area (Å²) in [6.45, 7) is 14.0. The van der Waals surface area contributed by atoms with E-state index in [2.05, 4.69) is 88.2 Å². The number of aliphatic hydroxyl groups is 1. The second-order valence-electron chi connectivity index (χ2n) is 13.9.